The van der Waals surface area contributed by atoms with E-state index in [0.717, 1.165) is 18.2 Å². The zero-order valence-corrected chi connectivity index (χ0v) is 11.5. The highest BCUT2D eigenvalue weighted by atomic mass is 19.1. The van der Waals surface area contributed by atoms with Gasteiger partial charge in [0, 0.05) is 6.54 Å². The van der Waals surface area contributed by atoms with Gasteiger partial charge in [0.15, 0.2) is 0 Å². The highest BCUT2D eigenvalue weighted by Crippen LogP contribution is 2.19. The number of anilines is 1. The van der Waals surface area contributed by atoms with Crippen LogP contribution < -0.4 is 11.1 Å². The summed E-state index contributed by atoms with van der Waals surface area (Å²) in [6, 6.07) is 3.25. The highest BCUT2D eigenvalue weighted by Gasteiger charge is 2.20. The number of hydrogen-bond acceptors (Lipinski definition) is 3. The first-order valence-electron chi connectivity index (χ1n) is 6.39. The number of hydrogen-bond donors (Lipinski definition) is 3. The Balaban J connectivity index is 2.88. The van der Waals surface area contributed by atoms with Crippen LogP contribution in [0.3, 0.4) is 0 Å². The quantitative estimate of drug-likeness (QED) is 0.744. The molecule has 0 saturated carbocycles. The molecule has 0 saturated heterocycles. The zero-order valence-electron chi connectivity index (χ0n) is 11.5. The standard InChI is InChI=1S/C14H19FN2O3/c1-8(2)5-10(7-16)13(18)17-12-6-9(14(19)20)3-4-11(12)15/h3-4,6,8,10H,5,7,16H2,1-2H3,(H,17,18)(H,19,20). The molecule has 1 aromatic rings. The molecular formula is C14H19FN2O3. The summed E-state index contributed by atoms with van der Waals surface area (Å²) in [7, 11) is 0. The van der Waals surface area contributed by atoms with Crippen LogP contribution in [-0.4, -0.2) is 23.5 Å². The molecule has 5 nitrogen and oxygen atoms in total. The van der Waals surface area contributed by atoms with E-state index >= 15 is 0 Å². The van der Waals surface area contributed by atoms with E-state index in [9.17, 15) is 14.0 Å². The van der Waals surface area contributed by atoms with Gasteiger partial charge in [-0.15, -0.1) is 0 Å². The fourth-order valence-electron chi connectivity index (χ4n) is 1.87. The van der Waals surface area contributed by atoms with Crippen molar-refractivity contribution in [2.24, 2.45) is 17.6 Å². The third-order valence-electron chi connectivity index (χ3n) is 2.88. The van der Waals surface area contributed by atoms with Crippen molar-refractivity contribution in [1.82, 2.24) is 0 Å². The zero-order chi connectivity index (χ0) is 15.3. The van der Waals surface area contributed by atoms with Gasteiger partial charge in [0.2, 0.25) is 5.91 Å². The lowest BCUT2D eigenvalue weighted by Crippen LogP contribution is -2.30. The van der Waals surface area contributed by atoms with Crippen molar-refractivity contribution in [3.8, 4) is 0 Å². The summed E-state index contributed by atoms with van der Waals surface area (Å²) in [5.41, 5.74) is 5.31. The van der Waals surface area contributed by atoms with Crippen molar-refractivity contribution in [2.75, 3.05) is 11.9 Å². The molecule has 0 aliphatic heterocycles. The van der Waals surface area contributed by atoms with E-state index < -0.39 is 23.6 Å². The number of amides is 1. The van der Waals surface area contributed by atoms with Gasteiger partial charge >= 0.3 is 5.97 Å². The van der Waals surface area contributed by atoms with E-state index in [1.54, 1.807) is 0 Å². The Labute approximate surface area is 117 Å². The summed E-state index contributed by atoms with van der Waals surface area (Å²) >= 11 is 0. The van der Waals surface area contributed by atoms with Crippen LogP contribution in [0.4, 0.5) is 10.1 Å². The number of carboxylic acids is 1. The van der Waals surface area contributed by atoms with Crippen molar-refractivity contribution in [3.05, 3.63) is 29.6 Å². The molecule has 0 aromatic heterocycles. The number of carboxylic acid groups (broad SMARTS) is 1. The molecule has 1 aromatic carbocycles. The molecule has 1 unspecified atom stereocenters. The summed E-state index contributed by atoms with van der Waals surface area (Å²) < 4.78 is 13.6. The SMILES string of the molecule is CC(C)CC(CN)C(=O)Nc1cc(C(=O)O)ccc1F. The Bertz CT molecular complexity index is 503. The molecule has 0 aliphatic carbocycles. The summed E-state index contributed by atoms with van der Waals surface area (Å²) in [4.78, 5) is 22.8. The van der Waals surface area contributed by atoms with Crippen LogP contribution in [0.15, 0.2) is 18.2 Å². The second-order valence-corrected chi connectivity index (χ2v) is 5.05. The molecule has 4 N–H and O–H groups in total. The van der Waals surface area contributed by atoms with E-state index in [1.807, 2.05) is 13.8 Å². The summed E-state index contributed by atoms with van der Waals surface area (Å²) in [5, 5.41) is 11.3. The lowest BCUT2D eigenvalue weighted by atomic mass is 9.96. The van der Waals surface area contributed by atoms with Crippen LogP contribution in [0.1, 0.15) is 30.6 Å². The number of aromatic carboxylic acids is 1. The van der Waals surface area contributed by atoms with Crippen molar-refractivity contribution >= 4 is 17.6 Å². The van der Waals surface area contributed by atoms with Crippen LogP contribution in [0, 0.1) is 17.7 Å². The average molecular weight is 282 g/mol. The van der Waals surface area contributed by atoms with Gasteiger partial charge in [-0.3, -0.25) is 4.79 Å². The summed E-state index contributed by atoms with van der Waals surface area (Å²) in [6.45, 7) is 4.08. The largest absolute Gasteiger partial charge is 0.478 e. The smallest absolute Gasteiger partial charge is 0.335 e. The Morgan fingerprint density at radius 3 is 2.55 bits per heavy atom. The third-order valence-corrected chi connectivity index (χ3v) is 2.88. The van der Waals surface area contributed by atoms with E-state index in [2.05, 4.69) is 5.32 Å². The number of benzene rings is 1. The van der Waals surface area contributed by atoms with Crippen molar-refractivity contribution in [2.45, 2.75) is 20.3 Å². The maximum absolute atomic E-state index is 13.6. The number of halogens is 1. The van der Waals surface area contributed by atoms with Gasteiger partial charge in [-0.25, -0.2) is 9.18 Å². The second kappa shape index (κ2) is 7.00. The molecule has 0 heterocycles. The van der Waals surface area contributed by atoms with Crippen LogP contribution in [-0.2, 0) is 4.79 Å². The van der Waals surface area contributed by atoms with Crippen molar-refractivity contribution < 1.29 is 19.1 Å². The van der Waals surface area contributed by atoms with Crippen molar-refractivity contribution in [1.29, 1.82) is 0 Å². The van der Waals surface area contributed by atoms with E-state index in [4.69, 9.17) is 10.8 Å². The molecule has 0 bridgehead atoms. The summed E-state index contributed by atoms with van der Waals surface area (Å²) in [6.07, 6.45) is 0.586. The number of carbonyl (C=O) groups excluding carboxylic acids is 1. The molecule has 1 rings (SSSR count). The minimum Gasteiger partial charge on any atom is -0.478 e. The van der Waals surface area contributed by atoms with Crippen LogP contribution in [0.5, 0.6) is 0 Å². The number of nitrogens with one attached hydrogen (secondary N) is 1. The van der Waals surface area contributed by atoms with Gasteiger partial charge in [0.25, 0.3) is 0 Å². The first-order valence-corrected chi connectivity index (χ1v) is 6.39. The Morgan fingerprint density at radius 1 is 1.40 bits per heavy atom. The van der Waals surface area contributed by atoms with E-state index in [1.165, 1.54) is 0 Å². The molecule has 0 spiro atoms. The first-order chi connectivity index (χ1) is 9.35. The molecule has 0 aliphatic rings. The average Bonchev–Trinajstić information content (AvgIpc) is 2.37. The first kappa shape index (κ1) is 16.1. The molecule has 6 heteroatoms. The van der Waals surface area contributed by atoms with Crippen LogP contribution >= 0.6 is 0 Å². The lowest BCUT2D eigenvalue weighted by molar-refractivity contribution is -0.120. The molecule has 1 amide bonds. The molecule has 110 valence electrons. The topological polar surface area (TPSA) is 92.4 Å². The van der Waals surface area contributed by atoms with Gasteiger partial charge < -0.3 is 16.2 Å². The third kappa shape index (κ3) is 4.31. The molecule has 20 heavy (non-hydrogen) atoms. The van der Waals surface area contributed by atoms with Gasteiger partial charge in [-0.2, -0.15) is 0 Å². The maximum atomic E-state index is 13.6. The van der Waals surface area contributed by atoms with Crippen molar-refractivity contribution in [3.63, 3.8) is 0 Å². The van der Waals surface area contributed by atoms with Crippen LogP contribution in [0.25, 0.3) is 0 Å². The Hall–Kier alpha value is -1.95. The molecule has 1 atom stereocenters. The minimum atomic E-state index is -1.18. The number of rotatable bonds is 6. The number of carbonyl (C=O) groups is 2. The Morgan fingerprint density at radius 2 is 2.05 bits per heavy atom. The highest BCUT2D eigenvalue weighted by molar-refractivity contribution is 5.95. The van der Waals surface area contributed by atoms with Gasteiger partial charge in [-0.05, 0) is 30.5 Å². The van der Waals surface area contributed by atoms with E-state index in [-0.39, 0.29) is 23.7 Å². The molecular weight excluding hydrogens is 263 g/mol. The monoisotopic (exact) mass is 282 g/mol. The predicted molar refractivity (Wildman–Crippen MR) is 74.0 cm³/mol. The predicted octanol–water partition coefficient (Wildman–Crippen LogP) is 2.08. The second-order valence-electron chi connectivity index (χ2n) is 5.05. The fraction of sp³-hybridized carbons (Fsp3) is 0.429. The minimum absolute atomic E-state index is 0.0881. The molecule has 0 radical (unpaired) electrons. The number of nitrogens with two attached hydrogens (primary N) is 1. The van der Waals surface area contributed by atoms with E-state index in [0.29, 0.717) is 6.42 Å². The van der Waals surface area contributed by atoms with Gasteiger partial charge in [0.05, 0.1) is 17.2 Å². The summed E-state index contributed by atoms with van der Waals surface area (Å²) in [5.74, 6) is -2.41. The maximum Gasteiger partial charge on any atom is 0.335 e. The van der Waals surface area contributed by atoms with Crippen LogP contribution in [0.2, 0.25) is 0 Å². The molecule has 0 fully saturated rings. The lowest BCUT2D eigenvalue weighted by Gasteiger charge is -2.17. The fourth-order valence-corrected chi connectivity index (χ4v) is 1.87. The normalized spacial score (nSPS) is 12.2. The van der Waals surface area contributed by atoms with Gasteiger partial charge in [-0.1, -0.05) is 13.8 Å². The van der Waals surface area contributed by atoms with Gasteiger partial charge in [0.1, 0.15) is 5.82 Å². The Kier molecular flexibility index (Phi) is 5.64.